The molecule has 6 heteroatoms. The molecule has 0 fully saturated rings. The van der Waals surface area contributed by atoms with Crippen molar-refractivity contribution < 1.29 is 14.4 Å². The van der Waals surface area contributed by atoms with E-state index in [0.29, 0.717) is 44.2 Å². The zero-order chi connectivity index (χ0) is 22.2. The van der Waals surface area contributed by atoms with Crippen LogP contribution in [0.3, 0.4) is 0 Å². The topological polar surface area (TPSA) is 87.3 Å². The second-order valence-electron chi connectivity index (χ2n) is 8.60. The van der Waals surface area contributed by atoms with Crippen LogP contribution in [-0.2, 0) is 14.4 Å². The fourth-order valence-corrected chi connectivity index (χ4v) is 3.59. The van der Waals surface area contributed by atoms with Crippen LogP contribution in [0.2, 0.25) is 0 Å². The molecule has 170 valence electrons. The number of carbonyl (C=O) groups is 3. The largest absolute Gasteiger partial charge is 0.314 e. The Balaban J connectivity index is 4.46. The van der Waals surface area contributed by atoms with Crippen LogP contribution >= 0.6 is 0 Å². The van der Waals surface area contributed by atoms with Crippen LogP contribution in [0.4, 0.5) is 0 Å². The Morgan fingerprint density at radius 2 is 1.62 bits per heavy atom. The average Bonchev–Trinajstić information content (AvgIpc) is 2.66. The van der Waals surface area contributed by atoms with Crippen molar-refractivity contribution in [3.8, 4) is 0 Å². The Kier molecular flexibility index (Phi) is 16.0. The van der Waals surface area contributed by atoms with E-state index in [1.807, 2.05) is 27.7 Å². The molecule has 4 unspecified atom stereocenters. The van der Waals surface area contributed by atoms with E-state index in [1.165, 1.54) is 0 Å². The SMILES string of the molecule is CCCNC(C)CCC(=O)CC(CCC(=O)C(C=O)CC(C)NC(C)C)NCC. The highest BCUT2D eigenvalue weighted by Gasteiger charge is 2.22. The van der Waals surface area contributed by atoms with E-state index in [4.69, 9.17) is 0 Å². The van der Waals surface area contributed by atoms with Crippen molar-refractivity contribution in [1.82, 2.24) is 16.0 Å². The van der Waals surface area contributed by atoms with Crippen molar-refractivity contribution in [3.05, 3.63) is 0 Å². The van der Waals surface area contributed by atoms with Gasteiger partial charge in [-0.3, -0.25) is 9.59 Å². The number of carbonyl (C=O) groups excluding carboxylic acids is 3. The molecule has 0 rings (SSSR count). The Morgan fingerprint density at radius 1 is 0.931 bits per heavy atom. The quantitative estimate of drug-likeness (QED) is 0.224. The van der Waals surface area contributed by atoms with Crippen LogP contribution in [0, 0.1) is 5.92 Å². The number of ketones is 2. The van der Waals surface area contributed by atoms with Gasteiger partial charge >= 0.3 is 0 Å². The van der Waals surface area contributed by atoms with Gasteiger partial charge in [-0.1, -0.05) is 27.7 Å². The number of rotatable bonds is 19. The van der Waals surface area contributed by atoms with Crippen LogP contribution in [0.5, 0.6) is 0 Å². The molecule has 6 nitrogen and oxygen atoms in total. The second kappa shape index (κ2) is 16.7. The summed E-state index contributed by atoms with van der Waals surface area (Å²) in [6.07, 6.45) is 5.15. The average molecular weight is 412 g/mol. The molecule has 0 bridgehead atoms. The molecule has 4 atom stereocenters. The first-order chi connectivity index (χ1) is 13.7. The molecular weight excluding hydrogens is 366 g/mol. The summed E-state index contributed by atoms with van der Waals surface area (Å²) in [5.74, 6) is -0.361. The standard InChI is InChI=1S/C23H45N3O3/c1-7-13-25-18(5)9-11-22(28)15-21(24-8-2)10-12-23(29)20(16-27)14-19(6)26-17(3)4/h16-21,24-26H,7-15H2,1-6H3. The van der Waals surface area contributed by atoms with Gasteiger partial charge in [0.15, 0.2) is 0 Å². The monoisotopic (exact) mass is 411 g/mol. The molecule has 0 aliphatic carbocycles. The maximum atomic E-state index is 12.5. The summed E-state index contributed by atoms with van der Waals surface area (Å²) in [5, 5.41) is 10.1. The van der Waals surface area contributed by atoms with Gasteiger partial charge in [-0.15, -0.1) is 0 Å². The van der Waals surface area contributed by atoms with E-state index >= 15 is 0 Å². The Labute approximate surface area is 178 Å². The first-order valence-electron chi connectivity index (χ1n) is 11.5. The van der Waals surface area contributed by atoms with Crippen LogP contribution in [-0.4, -0.2) is 55.1 Å². The molecule has 0 heterocycles. The zero-order valence-corrected chi connectivity index (χ0v) is 19.6. The predicted molar refractivity (Wildman–Crippen MR) is 120 cm³/mol. The fraction of sp³-hybridized carbons (Fsp3) is 0.870. The van der Waals surface area contributed by atoms with Gasteiger partial charge in [-0.25, -0.2) is 0 Å². The van der Waals surface area contributed by atoms with Crippen molar-refractivity contribution in [2.45, 2.75) is 111 Å². The van der Waals surface area contributed by atoms with E-state index in [0.717, 1.165) is 32.2 Å². The number of Topliss-reactive ketones (excluding diaryl/α,β-unsaturated/α-hetero) is 2. The van der Waals surface area contributed by atoms with Gasteiger partial charge in [0, 0.05) is 43.4 Å². The van der Waals surface area contributed by atoms with Gasteiger partial charge in [0.1, 0.15) is 17.9 Å². The lowest BCUT2D eigenvalue weighted by Gasteiger charge is -2.21. The molecule has 3 N–H and O–H groups in total. The van der Waals surface area contributed by atoms with Crippen molar-refractivity contribution in [3.63, 3.8) is 0 Å². The summed E-state index contributed by atoms with van der Waals surface area (Å²) < 4.78 is 0. The third kappa shape index (κ3) is 14.5. The highest BCUT2D eigenvalue weighted by Crippen LogP contribution is 2.13. The smallest absolute Gasteiger partial charge is 0.143 e. The highest BCUT2D eigenvalue weighted by molar-refractivity contribution is 5.93. The third-order valence-corrected chi connectivity index (χ3v) is 5.11. The minimum atomic E-state index is -0.570. The Morgan fingerprint density at radius 3 is 2.17 bits per heavy atom. The highest BCUT2D eigenvalue weighted by atomic mass is 16.1. The molecule has 0 radical (unpaired) electrons. The summed E-state index contributed by atoms with van der Waals surface area (Å²) in [4.78, 5) is 36.3. The van der Waals surface area contributed by atoms with Crippen molar-refractivity contribution in [2.75, 3.05) is 13.1 Å². The van der Waals surface area contributed by atoms with Crippen molar-refractivity contribution in [2.24, 2.45) is 5.92 Å². The molecule has 0 aliphatic rings. The molecule has 29 heavy (non-hydrogen) atoms. The van der Waals surface area contributed by atoms with Crippen LogP contribution in [0.25, 0.3) is 0 Å². The molecule has 0 aromatic carbocycles. The summed E-state index contributed by atoms with van der Waals surface area (Å²) in [6, 6.07) is 0.766. The molecule has 0 amide bonds. The van der Waals surface area contributed by atoms with E-state index in [-0.39, 0.29) is 23.7 Å². The number of hydrogen-bond acceptors (Lipinski definition) is 6. The van der Waals surface area contributed by atoms with Gasteiger partial charge in [0.25, 0.3) is 0 Å². The number of aldehydes is 1. The van der Waals surface area contributed by atoms with E-state index in [2.05, 4.69) is 29.8 Å². The normalized spacial score (nSPS) is 15.7. The molecule has 0 aliphatic heterocycles. The van der Waals surface area contributed by atoms with Crippen LogP contribution in [0.15, 0.2) is 0 Å². The first-order valence-corrected chi connectivity index (χ1v) is 11.5. The summed E-state index contributed by atoms with van der Waals surface area (Å²) >= 11 is 0. The zero-order valence-electron chi connectivity index (χ0n) is 19.6. The van der Waals surface area contributed by atoms with Crippen molar-refractivity contribution >= 4 is 17.9 Å². The molecule has 0 saturated heterocycles. The summed E-state index contributed by atoms with van der Waals surface area (Å²) in [7, 11) is 0. The minimum Gasteiger partial charge on any atom is -0.314 e. The first kappa shape index (κ1) is 27.9. The summed E-state index contributed by atoms with van der Waals surface area (Å²) in [5.41, 5.74) is 0. The van der Waals surface area contributed by atoms with Gasteiger partial charge < -0.3 is 20.7 Å². The van der Waals surface area contributed by atoms with Gasteiger partial charge in [0.05, 0.1) is 5.92 Å². The van der Waals surface area contributed by atoms with Gasteiger partial charge in [0.2, 0.25) is 0 Å². The van der Waals surface area contributed by atoms with Crippen LogP contribution < -0.4 is 16.0 Å². The van der Waals surface area contributed by atoms with Crippen molar-refractivity contribution in [1.29, 1.82) is 0 Å². The number of hydrogen-bond donors (Lipinski definition) is 3. The predicted octanol–water partition coefficient (Wildman–Crippen LogP) is 3.03. The lowest BCUT2D eigenvalue weighted by atomic mass is 9.92. The van der Waals surface area contributed by atoms with E-state index in [1.54, 1.807) is 0 Å². The molecule has 0 spiro atoms. The maximum Gasteiger partial charge on any atom is 0.143 e. The molecule has 0 aromatic rings. The second-order valence-corrected chi connectivity index (χ2v) is 8.60. The molecule has 0 aromatic heterocycles. The van der Waals surface area contributed by atoms with Gasteiger partial charge in [-0.05, 0) is 52.6 Å². The van der Waals surface area contributed by atoms with E-state index < -0.39 is 5.92 Å². The molecule has 0 saturated carbocycles. The lowest BCUT2D eigenvalue weighted by molar-refractivity contribution is -0.128. The maximum absolute atomic E-state index is 12.5. The Bertz CT molecular complexity index is 468. The summed E-state index contributed by atoms with van der Waals surface area (Å²) in [6.45, 7) is 14.1. The van der Waals surface area contributed by atoms with Crippen LogP contribution in [0.1, 0.15) is 86.5 Å². The van der Waals surface area contributed by atoms with E-state index in [9.17, 15) is 14.4 Å². The molecular formula is C23H45N3O3. The third-order valence-electron chi connectivity index (χ3n) is 5.11. The van der Waals surface area contributed by atoms with Gasteiger partial charge in [-0.2, -0.15) is 0 Å². The Hall–Kier alpha value is -1.11. The fourth-order valence-electron chi connectivity index (χ4n) is 3.59. The lowest BCUT2D eigenvalue weighted by Crippen LogP contribution is -2.36. The minimum absolute atomic E-state index is 0.00567. The number of nitrogens with one attached hydrogen (secondary N) is 3.